The van der Waals surface area contributed by atoms with E-state index in [1.807, 2.05) is 57.2 Å². The first-order valence-electron chi connectivity index (χ1n) is 9.95. The van der Waals surface area contributed by atoms with Crippen LogP contribution in [0.3, 0.4) is 0 Å². The zero-order valence-electron chi connectivity index (χ0n) is 17.9. The Morgan fingerprint density at radius 3 is 2.37 bits per heavy atom. The standard InChI is InChI=1S/C25H27NO4/c1-17-6-5-7-21(14-17)25(28)30-16-24(27)23-15-18(2)26(19(23)3)13-12-20-8-10-22(29-4)11-9-20/h5-11,14-15H,12-13,16H2,1-4H3. The zero-order chi connectivity index (χ0) is 21.7. The molecule has 0 atom stereocenters. The van der Waals surface area contributed by atoms with E-state index in [1.165, 1.54) is 5.56 Å². The molecular weight excluding hydrogens is 378 g/mol. The van der Waals surface area contributed by atoms with Crippen LogP contribution in [0.4, 0.5) is 0 Å². The van der Waals surface area contributed by atoms with Gasteiger partial charge >= 0.3 is 5.97 Å². The number of esters is 1. The number of rotatable bonds is 8. The molecule has 0 saturated heterocycles. The van der Waals surface area contributed by atoms with Crippen molar-refractivity contribution < 1.29 is 19.1 Å². The number of ether oxygens (including phenoxy) is 2. The number of hydrogen-bond acceptors (Lipinski definition) is 4. The number of methoxy groups -OCH3 is 1. The normalized spacial score (nSPS) is 10.7. The fourth-order valence-electron chi connectivity index (χ4n) is 3.52. The number of carbonyl (C=O) groups is 2. The van der Waals surface area contributed by atoms with Crippen molar-refractivity contribution in [1.29, 1.82) is 0 Å². The molecule has 0 radical (unpaired) electrons. The lowest BCUT2D eigenvalue weighted by molar-refractivity contribution is 0.0474. The van der Waals surface area contributed by atoms with Crippen LogP contribution in [0.1, 0.15) is 43.2 Å². The molecule has 0 fully saturated rings. The lowest BCUT2D eigenvalue weighted by Gasteiger charge is -2.10. The smallest absolute Gasteiger partial charge is 0.338 e. The minimum atomic E-state index is -0.486. The molecule has 0 bridgehead atoms. The van der Waals surface area contributed by atoms with Crippen LogP contribution >= 0.6 is 0 Å². The van der Waals surface area contributed by atoms with E-state index in [4.69, 9.17) is 9.47 Å². The molecule has 3 rings (SSSR count). The molecule has 0 N–H and O–H groups in total. The van der Waals surface area contributed by atoms with Crippen molar-refractivity contribution in [3.05, 3.63) is 88.2 Å². The van der Waals surface area contributed by atoms with E-state index in [-0.39, 0.29) is 12.4 Å². The summed E-state index contributed by atoms with van der Waals surface area (Å²) < 4.78 is 12.6. The summed E-state index contributed by atoms with van der Waals surface area (Å²) in [5.41, 5.74) is 5.11. The van der Waals surface area contributed by atoms with Crippen LogP contribution in [0, 0.1) is 20.8 Å². The molecule has 0 saturated carbocycles. The first-order chi connectivity index (χ1) is 14.4. The summed E-state index contributed by atoms with van der Waals surface area (Å²) in [6, 6.07) is 17.0. The number of benzene rings is 2. The minimum Gasteiger partial charge on any atom is -0.497 e. The number of aromatic nitrogens is 1. The second-order valence-electron chi connectivity index (χ2n) is 7.40. The van der Waals surface area contributed by atoms with Gasteiger partial charge in [0.15, 0.2) is 6.61 Å². The second kappa shape index (κ2) is 9.44. The van der Waals surface area contributed by atoms with E-state index >= 15 is 0 Å². The van der Waals surface area contributed by atoms with Gasteiger partial charge in [-0.05, 0) is 63.1 Å². The summed E-state index contributed by atoms with van der Waals surface area (Å²) in [6.45, 7) is 6.31. The fourth-order valence-corrected chi connectivity index (χ4v) is 3.52. The summed E-state index contributed by atoms with van der Waals surface area (Å²) in [6.07, 6.45) is 0.844. The van der Waals surface area contributed by atoms with E-state index < -0.39 is 5.97 Å². The predicted octanol–water partition coefficient (Wildman–Crippen LogP) is 4.70. The van der Waals surface area contributed by atoms with E-state index in [0.29, 0.717) is 11.1 Å². The Kier molecular flexibility index (Phi) is 6.72. The molecule has 0 aliphatic rings. The summed E-state index contributed by atoms with van der Waals surface area (Å²) in [5, 5.41) is 0. The highest BCUT2D eigenvalue weighted by Crippen LogP contribution is 2.18. The number of hydrogen-bond donors (Lipinski definition) is 0. The van der Waals surface area contributed by atoms with Crippen molar-refractivity contribution in [2.45, 2.75) is 33.7 Å². The van der Waals surface area contributed by atoms with E-state index in [2.05, 4.69) is 4.57 Å². The number of nitrogens with zero attached hydrogens (tertiary/aromatic N) is 1. The van der Waals surface area contributed by atoms with Gasteiger partial charge in [0.05, 0.1) is 12.7 Å². The Hall–Kier alpha value is -3.34. The molecule has 0 aliphatic carbocycles. The Balaban J connectivity index is 1.63. The Bertz CT molecular complexity index is 1050. The van der Waals surface area contributed by atoms with Crippen molar-refractivity contribution in [3.63, 3.8) is 0 Å². The van der Waals surface area contributed by atoms with Crippen molar-refractivity contribution in [3.8, 4) is 5.75 Å². The van der Waals surface area contributed by atoms with Gasteiger partial charge in [-0.25, -0.2) is 4.79 Å². The molecule has 0 amide bonds. The average molecular weight is 405 g/mol. The van der Waals surface area contributed by atoms with Crippen molar-refractivity contribution in [2.75, 3.05) is 13.7 Å². The third-order valence-electron chi connectivity index (χ3n) is 5.25. The minimum absolute atomic E-state index is 0.195. The Morgan fingerprint density at radius 1 is 0.967 bits per heavy atom. The van der Waals surface area contributed by atoms with E-state index in [1.54, 1.807) is 25.3 Å². The summed E-state index contributed by atoms with van der Waals surface area (Å²) in [4.78, 5) is 24.9. The van der Waals surface area contributed by atoms with Crippen molar-refractivity contribution >= 4 is 11.8 Å². The highest BCUT2D eigenvalue weighted by Gasteiger charge is 2.18. The van der Waals surface area contributed by atoms with Gasteiger partial charge in [-0.1, -0.05) is 29.8 Å². The Labute approximate surface area is 177 Å². The molecule has 0 aliphatic heterocycles. The third-order valence-corrected chi connectivity index (χ3v) is 5.25. The van der Waals surface area contributed by atoms with Crippen LogP contribution in [-0.4, -0.2) is 30.0 Å². The van der Waals surface area contributed by atoms with Crippen LogP contribution in [0.2, 0.25) is 0 Å². The molecule has 0 unspecified atom stereocenters. The van der Waals surface area contributed by atoms with Crippen LogP contribution in [0.15, 0.2) is 54.6 Å². The van der Waals surface area contributed by atoms with Crippen molar-refractivity contribution in [2.24, 2.45) is 0 Å². The van der Waals surface area contributed by atoms with Crippen LogP contribution in [-0.2, 0) is 17.7 Å². The van der Waals surface area contributed by atoms with Gasteiger partial charge in [0, 0.05) is 23.5 Å². The predicted molar refractivity (Wildman–Crippen MR) is 116 cm³/mol. The molecule has 156 valence electrons. The van der Waals surface area contributed by atoms with Gasteiger partial charge in [0.25, 0.3) is 0 Å². The largest absolute Gasteiger partial charge is 0.497 e. The maximum atomic E-state index is 12.7. The molecule has 1 heterocycles. The molecule has 3 aromatic rings. The zero-order valence-corrected chi connectivity index (χ0v) is 17.9. The monoisotopic (exact) mass is 405 g/mol. The maximum absolute atomic E-state index is 12.7. The quantitative estimate of drug-likeness (QED) is 0.402. The maximum Gasteiger partial charge on any atom is 0.338 e. The molecule has 5 heteroatoms. The van der Waals surface area contributed by atoms with Crippen molar-refractivity contribution in [1.82, 2.24) is 4.57 Å². The lowest BCUT2D eigenvalue weighted by atomic mass is 10.1. The molecular formula is C25H27NO4. The topological polar surface area (TPSA) is 57.5 Å². The van der Waals surface area contributed by atoms with Gasteiger partial charge in [0.2, 0.25) is 5.78 Å². The number of Topliss-reactive ketones (excluding diaryl/α,β-unsaturated/α-hetero) is 1. The number of carbonyl (C=O) groups excluding carboxylic acids is 2. The fraction of sp³-hybridized carbons (Fsp3) is 0.280. The van der Waals surface area contributed by atoms with E-state index in [0.717, 1.165) is 35.7 Å². The molecule has 1 aromatic heterocycles. The third kappa shape index (κ3) is 4.98. The van der Waals surface area contributed by atoms with Crippen LogP contribution in [0.25, 0.3) is 0 Å². The number of ketones is 1. The SMILES string of the molecule is COc1ccc(CCn2c(C)cc(C(=O)COC(=O)c3cccc(C)c3)c2C)cc1. The first-order valence-corrected chi connectivity index (χ1v) is 9.95. The highest BCUT2D eigenvalue weighted by molar-refractivity contribution is 6.00. The van der Waals surface area contributed by atoms with Gasteiger partial charge < -0.3 is 14.0 Å². The van der Waals surface area contributed by atoms with Crippen LogP contribution < -0.4 is 4.74 Å². The average Bonchev–Trinajstić information content (AvgIpc) is 3.04. The van der Waals surface area contributed by atoms with Gasteiger partial charge in [-0.2, -0.15) is 0 Å². The van der Waals surface area contributed by atoms with Gasteiger partial charge in [0.1, 0.15) is 5.75 Å². The molecule has 0 spiro atoms. The summed E-state index contributed by atoms with van der Waals surface area (Å²) in [5.74, 6) is 0.153. The summed E-state index contributed by atoms with van der Waals surface area (Å²) in [7, 11) is 1.65. The molecule has 30 heavy (non-hydrogen) atoms. The number of aryl methyl sites for hydroxylation is 3. The highest BCUT2D eigenvalue weighted by atomic mass is 16.5. The molecule has 5 nitrogen and oxygen atoms in total. The summed E-state index contributed by atoms with van der Waals surface area (Å²) >= 11 is 0. The van der Waals surface area contributed by atoms with Gasteiger partial charge in [-0.15, -0.1) is 0 Å². The lowest BCUT2D eigenvalue weighted by Crippen LogP contribution is -2.15. The second-order valence-corrected chi connectivity index (χ2v) is 7.40. The van der Waals surface area contributed by atoms with Gasteiger partial charge in [-0.3, -0.25) is 4.79 Å². The molecule has 2 aromatic carbocycles. The first kappa shape index (κ1) is 21.4. The van der Waals surface area contributed by atoms with E-state index in [9.17, 15) is 9.59 Å². The Morgan fingerprint density at radius 2 is 1.70 bits per heavy atom. The van der Waals surface area contributed by atoms with Crippen LogP contribution in [0.5, 0.6) is 5.75 Å².